The van der Waals surface area contributed by atoms with E-state index in [1.54, 1.807) is 20.2 Å². The highest BCUT2D eigenvalue weighted by atomic mass is 32.2. The molecule has 106 valence electrons. The number of nitrogens with zero attached hydrogens (tertiary/aromatic N) is 3. The van der Waals surface area contributed by atoms with E-state index in [1.807, 2.05) is 6.07 Å². The summed E-state index contributed by atoms with van der Waals surface area (Å²) < 4.78 is 13.8. The van der Waals surface area contributed by atoms with Gasteiger partial charge in [0.05, 0.1) is 0 Å². The van der Waals surface area contributed by atoms with Crippen LogP contribution in [0.4, 0.5) is 14.3 Å². The maximum Gasteiger partial charge on any atom is 0.323 e. The highest BCUT2D eigenvalue weighted by molar-refractivity contribution is 8.00. The second kappa shape index (κ2) is 6.67. The van der Waals surface area contributed by atoms with Crippen molar-refractivity contribution >= 4 is 34.3 Å². The zero-order valence-electron chi connectivity index (χ0n) is 11.0. The van der Waals surface area contributed by atoms with E-state index in [1.165, 1.54) is 40.1 Å². The number of urea groups is 1. The molecule has 1 aromatic carbocycles. The maximum atomic E-state index is 13.0. The Morgan fingerprint density at radius 3 is 3.00 bits per heavy atom. The summed E-state index contributed by atoms with van der Waals surface area (Å²) in [6.07, 6.45) is 0. The molecule has 0 unspecified atom stereocenters. The molecular formula is C12H13FN4OS2. The molecule has 2 rings (SSSR count). The molecule has 0 saturated carbocycles. The van der Waals surface area contributed by atoms with E-state index in [0.29, 0.717) is 10.9 Å². The van der Waals surface area contributed by atoms with Gasteiger partial charge >= 0.3 is 6.03 Å². The quantitative estimate of drug-likeness (QED) is 0.696. The summed E-state index contributed by atoms with van der Waals surface area (Å²) in [6.45, 7) is 0. The minimum Gasteiger partial charge on any atom is -0.341 e. The van der Waals surface area contributed by atoms with Crippen molar-refractivity contribution in [1.29, 1.82) is 0 Å². The van der Waals surface area contributed by atoms with Crippen LogP contribution in [0.25, 0.3) is 0 Å². The zero-order chi connectivity index (χ0) is 14.5. The average Bonchev–Trinajstić information content (AvgIpc) is 2.92. The summed E-state index contributed by atoms with van der Waals surface area (Å²) >= 11 is 2.78. The molecule has 2 amide bonds. The van der Waals surface area contributed by atoms with Crippen molar-refractivity contribution < 1.29 is 9.18 Å². The summed E-state index contributed by atoms with van der Waals surface area (Å²) in [5, 5.41) is 11.0. The summed E-state index contributed by atoms with van der Waals surface area (Å²) in [5.41, 5.74) is 0.881. The Hall–Kier alpha value is -1.67. The van der Waals surface area contributed by atoms with Gasteiger partial charge in [-0.25, -0.2) is 9.18 Å². The van der Waals surface area contributed by atoms with Crippen LogP contribution in [0, 0.1) is 5.82 Å². The molecule has 2 aromatic rings. The lowest BCUT2D eigenvalue weighted by molar-refractivity contribution is 0.249. The molecule has 0 aliphatic rings. The number of hydrogen-bond donors (Lipinski definition) is 1. The first-order valence-electron chi connectivity index (χ1n) is 5.76. The average molecular weight is 312 g/mol. The molecule has 5 nitrogen and oxygen atoms in total. The highest BCUT2D eigenvalue weighted by Crippen LogP contribution is 2.29. The summed E-state index contributed by atoms with van der Waals surface area (Å²) in [5.74, 6) is 0.358. The molecule has 0 fully saturated rings. The van der Waals surface area contributed by atoms with Crippen LogP contribution in [0.2, 0.25) is 0 Å². The minimum absolute atomic E-state index is 0.247. The summed E-state index contributed by atoms with van der Waals surface area (Å²) in [7, 11) is 3.18. The lowest BCUT2D eigenvalue weighted by Gasteiger charge is -2.10. The largest absolute Gasteiger partial charge is 0.341 e. The molecule has 1 aromatic heterocycles. The summed E-state index contributed by atoms with van der Waals surface area (Å²) in [4.78, 5) is 12.8. The predicted octanol–water partition coefficient (Wildman–Crippen LogP) is 2.75. The van der Waals surface area contributed by atoms with Crippen LogP contribution in [-0.4, -0.2) is 30.3 Å². The normalized spacial score (nSPS) is 10.3. The number of carbonyl (C=O) groups excluding carboxylic acids is 1. The van der Waals surface area contributed by atoms with E-state index in [9.17, 15) is 9.18 Å². The number of benzene rings is 1. The highest BCUT2D eigenvalue weighted by Gasteiger charge is 2.14. The van der Waals surface area contributed by atoms with Gasteiger partial charge in [-0.2, -0.15) is 0 Å². The number of anilines is 1. The molecule has 0 aliphatic heterocycles. The van der Waals surface area contributed by atoms with Gasteiger partial charge in [-0.15, -0.1) is 10.2 Å². The fourth-order valence-corrected chi connectivity index (χ4v) is 3.17. The van der Waals surface area contributed by atoms with Gasteiger partial charge in [0.2, 0.25) is 5.13 Å². The van der Waals surface area contributed by atoms with Gasteiger partial charge in [0.1, 0.15) is 5.82 Å². The third kappa shape index (κ3) is 3.67. The molecule has 0 atom stereocenters. The first kappa shape index (κ1) is 14.7. The number of nitrogens with one attached hydrogen (secondary N) is 1. The Morgan fingerprint density at radius 2 is 2.30 bits per heavy atom. The number of thioether (sulfide) groups is 1. The van der Waals surface area contributed by atoms with E-state index in [-0.39, 0.29) is 11.8 Å². The molecule has 8 heteroatoms. The Morgan fingerprint density at radius 1 is 1.50 bits per heavy atom. The van der Waals surface area contributed by atoms with Crippen LogP contribution in [0.5, 0.6) is 0 Å². The standard InChI is InChI=1S/C12H13FN4OS2/c1-14-10(18)17(2)11-15-16-12(20-11)19-7-8-4-3-5-9(13)6-8/h3-6H,7H2,1-2H3,(H,14,18). The van der Waals surface area contributed by atoms with Crippen molar-refractivity contribution in [2.45, 2.75) is 10.1 Å². The molecule has 0 spiro atoms. The van der Waals surface area contributed by atoms with E-state index in [0.717, 1.165) is 9.90 Å². The van der Waals surface area contributed by atoms with Crippen molar-refractivity contribution in [2.24, 2.45) is 0 Å². The minimum atomic E-state index is -0.250. The third-order valence-electron chi connectivity index (χ3n) is 2.45. The molecule has 0 radical (unpaired) electrons. The monoisotopic (exact) mass is 312 g/mol. The van der Waals surface area contributed by atoms with Crippen molar-refractivity contribution in [3.63, 3.8) is 0 Å². The van der Waals surface area contributed by atoms with E-state index < -0.39 is 0 Å². The van der Waals surface area contributed by atoms with Crippen molar-refractivity contribution in [1.82, 2.24) is 15.5 Å². The summed E-state index contributed by atoms with van der Waals surface area (Å²) in [6, 6.07) is 6.19. The van der Waals surface area contributed by atoms with Crippen LogP contribution in [0.3, 0.4) is 0 Å². The molecular weight excluding hydrogens is 299 g/mol. The second-order valence-electron chi connectivity index (χ2n) is 3.88. The lowest BCUT2D eigenvalue weighted by atomic mass is 10.2. The number of rotatable bonds is 4. The third-order valence-corrected chi connectivity index (χ3v) is 4.66. The van der Waals surface area contributed by atoms with Gasteiger partial charge < -0.3 is 5.32 Å². The lowest BCUT2D eigenvalue weighted by Crippen LogP contribution is -2.34. The fourth-order valence-electron chi connectivity index (χ4n) is 1.42. The smallest absolute Gasteiger partial charge is 0.323 e. The number of hydrogen-bond acceptors (Lipinski definition) is 5. The van der Waals surface area contributed by atoms with Crippen LogP contribution in [0.1, 0.15) is 5.56 Å². The van der Waals surface area contributed by atoms with E-state index in [4.69, 9.17) is 0 Å². The van der Waals surface area contributed by atoms with Gasteiger partial charge in [-0.1, -0.05) is 35.2 Å². The van der Waals surface area contributed by atoms with Gasteiger partial charge in [0.15, 0.2) is 4.34 Å². The molecule has 0 aliphatic carbocycles. The van der Waals surface area contributed by atoms with E-state index in [2.05, 4.69) is 15.5 Å². The Labute approximate surface area is 124 Å². The first-order chi connectivity index (χ1) is 9.60. The molecule has 20 heavy (non-hydrogen) atoms. The van der Waals surface area contributed by atoms with Gasteiger partial charge in [0.25, 0.3) is 0 Å². The predicted molar refractivity (Wildman–Crippen MR) is 78.7 cm³/mol. The first-order valence-corrected chi connectivity index (χ1v) is 7.56. The maximum absolute atomic E-state index is 13.0. The number of carbonyl (C=O) groups is 1. The Kier molecular flexibility index (Phi) is 4.91. The van der Waals surface area contributed by atoms with Crippen LogP contribution < -0.4 is 10.2 Å². The molecule has 0 saturated heterocycles. The number of amides is 2. The van der Waals surface area contributed by atoms with Gasteiger partial charge in [-0.05, 0) is 17.7 Å². The second-order valence-corrected chi connectivity index (χ2v) is 6.06. The molecule has 1 heterocycles. The fraction of sp³-hybridized carbons (Fsp3) is 0.250. The van der Waals surface area contributed by atoms with Crippen LogP contribution in [0.15, 0.2) is 28.6 Å². The van der Waals surface area contributed by atoms with Crippen molar-refractivity contribution in [3.8, 4) is 0 Å². The molecule has 1 N–H and O–H groups in total. The van der Waals surface area contributed by atoms with Crippen molar-refractivity contribution in [2.75, 3.05) is 19.0 Å². The Bertz CT molecular complexity index is 605. The van der Waals surface area contributed by atoms with Crippen LogP contribution >= 0.6 is 23.1 Å². The Balaban J connectivity index is 1.98. The van der Waals surface area contributed by atoms with Crippen molar-refractivity contribution in [3.05, 3.63) is 35.6 Å². The zero-order valence-corrected chi connectivity index (χ0v) is 12.6. The SMILES string of the molecule is CNC(=O)N(C)c1nnc(SCc2cccc(F)c2)s1. The topological polar surface area (TPSA) is 58.1 Å². The number of aromatic nitrogens is 2. The number of halogens is 1. The molecule has 0 bridgehead atoms. The van der Waals surface area contributed by atoms with Gasteiger partial charge in [-0.3, -0.25) is 4.90 Å². The van der Waals surface area contributed by atoms with Crippen LogP contribution in [-0.2, 0) is 5.75 Å². The van der Waals surface area contributed by atoms with E-state index >= 15 is 0 Å². The van der Waals surface area contributed by atoms with Gasteiger partial charge in [0, 0.05) is 19.8 Å².